The molecule has 0 aliphatic rings. The molecule has 0 bridgehead atoms. The predicted molar refractivity (Wildman–Crippen MR) is 120 cm³/mol. The van der Waals surface area contributed by atoms with Crippen molar-refractivity contribution in [3.63, 3.8) is 0 Å². The van der Waals surface area contributed by atoms with Crippen LogP contribution >= 0.6 is 0 Å². The highest BCUT2D eigenvalue weighted by Gasteiger charge is 2.26. The first-order valence-electron chi connectivity index (χ1n) is 11.3. The number of hydrogen-bond acceptors (Lipinski definition) is 5. The summed E-state index contributed by atoms with van der Waals surface area (Å²) in [5.74, 6) is -1.46. The summed E-state index contributed by atoms with van der Waals surface area (Å²) < 4.78 is 11.2. The number of unbranched alkanes of at least 4 members (excludes halogenated alkanes) is 2. The lowest BCUT2D eigenvalue weighted by atomic mass is 9.99. The second-order valence-electron chi connectivity index (χ2n) is 7.77. The van der Waals surface area contributed by atoms with Gasteiger partial charge < -0.3 is 14.6 Å². The average Bonchev–Trinajstić information content (AvgIpc) is 2.72. The number of ether oxygens (including phenoxy) is 2. The van der Waals surface area contributed by atoms with Crippen molar-refractivity contribution in [1.82, 2.24) is 0 Å². The summed E-state index contributed by atoms with van der Waals surface area (Å²) >= 11 is 0. The zero-order valence-electron chi connectivity index (χ0n) is 19.0. The van der Waals surface area contributed by atoms with Gasteiger partial charge in [-0.1, -0.05) is 59.5 Å². The van der Waals surface area contributed by atoms with E-state index in [1.54, 1.807) is 12.1 Å². The molecule has 1 aromatic carbocycles. The second kappa shape index (κ2) is 13.8. The molecule has 5 heteroatoms. The fourth-order valence-corrected chi connectivity index (χ4v) is 3.36. The number of phenols is 1. The van der Waals surface area contributed by atoms with Gasteiger partial charge in [-0.25, -0.2) is 0 Å². The summed E-state index contributed by atoms with van der Waals surface area (Å²) in [4.78, 5) is 25.4. The Morgan fingerprint density at radius 1 is 0.967 bits per heavy atom. The van der Waals surface area contributed by atoms with Crippen molar-refractivity contribution in [3.8, 4) is 17.2 Å². The van der Waals surface area contributed by atoms with E-state index in [-0.39, 0.29) is 35.1 Å². The lowest BCUT2D eigenvalue weighted by Crippen LogP contribution is -2.23. The van der Waals surface area contributed by atoms with Gasteiger partial charge in [-0.05, 0) is 49.8 Å². The van der Waals surface area contributed by atoms with Gasteiger partial charge in [0.25, 0.3) is 0 Å². The van der Waals surface area contributed by atoms with Crippen molar-refractivity contribution in [2.75, 3.05) is 0 Å². The molecule has 1 aromatic rings. The molecule has 0 amide bonds. The number of allylic oxidation sites excluding steroid dienone is 1. The molecule has 1 rings (SSSR count). The molecule has 168 valence electrons. The highest BCUT2D eigenvalue weighted by atomic mass is 16.6. The summed E-state index contributed by atoms with van der Waals surface area (Å²) in [6.45, 7) is 11.8. The Kier molecular flexibility index (Phi) is 11.9. The van der Waals surface area contributed by atoms with Crippen LogP contribution in [0.15, 0.2) is 24.8 Å². The third-order valence-corrected chi connectivity index (χ3v) is 5.35. The van der Waals surface area contributed by atoms with Gasteiger partial charge in [0.15, 0.2) is 11.5 Å². The number of esters is 2. The van der Waals surface area contributed by atoms with Gasteiger partial charge in [-0.15, -0.1) is 6.58 Å². The largest absolute Gasteiger partial charge is 0.504 e. The number of benzene rings is 1. The summed E-state index contributed by atoms with van der Waals surface area (Å²) in [5, 5.41) is 10.5. The third kappa shape index (κ3) is 7.85. The maximum atomic E-state index is 12.7. The molecule has 2 atom stereocenters. The van der Waals surface area contributed by atoms with Crippen molar-refractivity contribution in [2.45, 2.75) is 85.5 Å². The first-order chi connectivity index (χ1) is 14.4. The Hall–Kier alpha value is -2.30. The minimum Gasteiger partial charge on any atom is -0.504 e. The zero-order valence-corrected chi connectivity index (χ0v) is 19.0. The van der Waals surface area contributed by atoms with E-state index < -0.39 is 5.97 Å². The van der Waals surface area contributed by atoms with E-state index >= 15 is 0 Å². The van der Waals surface area contributed by atoms with Crippen molar-refractivity contribution < 1.29 is 24.2 Å². The van der Waals surface area contributed by atoms with Gasteiger partial charge in [0.05, 0.1) is 11.8 Å². The molecule has 0 aromatic heterocycles. The standard InChI is InChI=1S/C25H38O5/c1-6-11-14-19(9-4)24(27)29-22-17-18(13-8-3)16-21(26)23(22)30-25(28)20(10-5)15-12-7-2/h8,16-17,19-20,26H,3,6-7,9-15H2,1-2,4-5H3. The van der Waals surface area contributed by atoms with Crippen LogP contribution in [-0.4, -0.2) is 17.0 Å². The number of aromatic hydroxyl groups is 1. The molecule has 0 spiro atoms. The Balaban J connectivity index is 3.17. The molecule has 0 radical (unpaired) electrons. The highest BCUT2D eigenvalue weighted by molar-refractivity contribution is 5.80. The lowest BCUT2D eigenvalue weighted by molar-refractivity contribution is -0.142. The molecule has 0 fully saturated rings. The Labute approximate surface area is 181 Å². The summed E-state index contributed by atoms with van der Waals surface area (Å²) in [6, 6.07) is 3.16. The van der Waals surface area contributed by atoms with E-state index in [1.165, 1.54) is 6.07 Å². The summed E-state index contributed by atoms with van der Waals surface area (Å²) in [5.41, 5.74) is 0.727. The Morgan fingerprint density at radius 2 is 1.50 bits per heavy atom. The van der Waals surface area contributed by atoms with E-state index in [0.717, 1.165) is 44.1 Å². The van der Waals surface area contributed by atoms with Gasteiger partial charge in [0.1, 0.15) is 0 Å². The highest BCUT2D eigenvalue weighted by Crippen LogP contribution is 2.39. The number of phenolic OH excluding ortho intramolecular Hbond substituents is 1. The number of rotatable bonds is 14. The molecule has 2 unspecified atom stereocenters. The fraction of sp³-hybridized carbons (Fsp3) is 0.600. The minimum atomic E-state index is -0.409. The Morgan fingerprint density at radius 3 is 1.97 bits per heavy atom. The molecule has 5 nitrogen and oxygen atoms in total. The van der Waals surface area contributed by atoms with Crippen LogP contribution in [0.5, 0.6) is 17.2 Å². The summed E-state index contributed by atoms with van der Waals surface area (Å²) in [7, 11) is 0. The Bertz CT molecular complexity index is 695. The zero-order chi connectivity index (χ0) is 22.5. The van der Waals surface area contributed by atoms with E-state index in [1.807, 2.05) is 13.8 Å². The molecule has 0 saturated heterocycles. The number of carbonyl (C=O) groups is 2. The SMILES string of the molecule is C=CCc1cc(O)c(OC(=O)C(CC)CCCC)c(OC(=O)C(CC)CCCC)c1. The number of hydrogen-bond donors (Lipinski definition) is 1. The maximum Gasteiger partial charge on any atom is 0.314 e. The van der Waals surface area contributed by atoms with Crippen LogP contribution in [-0.2, 0) is 16.0 Å². The molecule has 0 heterocycles. The quantitative estimate of drug-likeness (QED) is 0.216. The maximum absolute atomic E-state index is 12.7. The van der Waals surface area contributed by atoms with E-state index in [4.69, 9.17) is 9.47 Å². The monoisotopic (exact) mass is 418 g/mol. The molecule has 1 N–H and O–H groups in total. The second-order valence-corrected chi connectivity index (χ2v) is 7.77. The first kappa shape index (κ1) is 25.7. The molecule has 0 saturated carbocycles. The molecule has 0 aliphatic carbocycles. The van der Waals surface area contributed by atoms with Crippen molar-refractivity contribution in [3.05, 3.63) is 30.4 Å². The first-order valence-corrected chi connectivity index (χ1v) is 11.3. The van der Waals surface area contributed by atoms with Gasteiger partial charge in [-0.2, -0.15) is 0 Å². The number of carbonyl (C=O) groups excluding carboxylic acids is 2. The minimum absolute atomic E-state index is 0.0820. The fourth-order valence-electron chi connectivity index (χ4n) is 3.36. The van der Waals surface area contributed by atoms with Crippen LogP contribution in [0.4, 0.5) is 0 Å². The van der Waals surface area contributed by atoms with Crippen molar-refractivity contribution in [2.24, 2.45) is 11.8 Å². The van der Waals surface area contributed by atoms with Crippen LogP contribution in [0, 0.1) is 11.8 Å². The smallest absolute Gasteiger partial charge is 0.314 e. The van der Waals surface area contributed by atoms with Crippen LogP contribution in [0.25, 0.3) is 0 Å². The van der Waals surface area contributed by atoms with E-state index in [9.17, 15) is 14.7 Å². The normalized spacial score (nSPS) is 12.8. The topological polar surface area (TPSA) is 72.8 Å². The van der Waals surface area contributed by atoms with Crippen LogP contribution in [0.1, 0.15) is 84.6 Å². The van der Waals surface area contributed by atoms with Crippen molar-refractivity contribution in [1.29, 1.82) is 0 Å². The van der Waals surface area contributed by atoms with Gasteiger partial charge in [0, 0.05) is 0 Å². The lowest BCUT2D eigenvalue weighted by Gasteiger charge is -2.19. The van der Waals surface area contributed by atoms with Crippen molar-refractivity contribution >= 4 is 11.9 Å². The van der Waals surface area contributed by atoms with Gasteiger partial charge in [-0.3, -0.25) is 9.59 Å². The predicted octanol–water partition coefficient (Wildman–Crippen LogP) is 6.36. The third-order valence-electron chi connectivity index (χ3n) is 5.35. The van der Waals surface area contributed by atoms with Gasteiger partial charge >= 0.3 is 11.9 Å². The van der Waals surface area contributed by atoms with E-state index in [0.29, 0.717) is 19.3 Å². The van der Waals surface area contributed by atoms with E-state index in [2.05, 4.69) is 20.4 Å². The van der Waals surface area contributed by atoms with Crippen LogP contribution < -0.4 is 9.47 Å². The molecular weight excluding hydrogens is 380 g/mol. The average molecular weight is 419 g/mol. The van der Waals surface area contributed by atoms with Crippen LogP contribution in [0.3, 0.4) is 0 Å². The van der Waals surface area contributed by atoms with Crippen LogP contribution in [0.2, 0.25) is 0 Å². The molecule has 0 aliphatic heterocycles. The molecular formula is C25H38O5. The molecule has 30 heavy (non-hydrogen) atoms. The summed E-state index contributed by atoms with van der Waals surface area (Å²) in [6.07, 6.45) is 8.83. The van der Waals surface area contributed by atoms with Gasteiger partial charge in [0.2, 0.25) is 5.75 Å².